The van der Waals surface area contributed by atoms with Crippen LogP contribution in [0.15, 0.2) is 36.9 Å². The molecule has 0 amide bonds. The SMILES string of the molecule is C=CC=CCl.C=CCCCCCC. The van der Waals surface area contributed by atoms with Gasteiger partial charge >= 0.3 is 0 Å². The summed E-state index contributed by atoms with van der Waals surface area (Å²) >= 11 is 5.05. The van der Waals surface area contributed by atoms with Crippen LogP contribution in [0.2, 0.25) is 0 Å². The molecule has 0 N–H and O–H groups in total. The Morgan fingerprint density at radius 1 is 1.15 bits per heavy atom. The maximum absolute atomic E-state index is 5.05. The summed E-state index contributed by atoms with van der Waals surface area (Å²) in [7, 11) is 0. The molecule has 0 spiro atoms. The third-order valence-corrected chi connectivity index (χ3v) is 1.62. The van der Waals surface area contributed by atoms with Crippen LogP contribution in [0.3, 0.4) is 0 Å². The Morgan fingerprint density at radius 3 is 2.15 bits per heavy atom. The van der Waals surface area contributed by atoms with Gasteiger partial charge in [-0.05, 0) is 12.8 Å². The van der Waals surface area contributed by atoms with E-state index >= 15 is 0 Å². The predicted molar refractivity (Wildman–Crippen MR) is 64.1 cm³/mol. The van der Waals surface area contributed by atoms with Crippen LogP contribution < -0.4 is 0 Å². The first-order valence-corrected chi connectivity index (χ1v) is 5.25. The van der Waals surface area contributed by atoms with Crippen LogP contribution in [0.5, 0.6) is 0 Å². The number of halogens is 1. The average molecular weight is 201 g/mol. The Morgan fingerprint density at radius 2 is 1.85 bits per heavy atom. The topological polar surface area (TPSA) is 0 Å². The molecule has 0 aromatic carbocycles. The molecule has 0 bridgehead atoms. The number of hydrogen-bond acceptors (Lipinski definition) is 0. The lowest BCUT2D eigenvalue weighted by molar-refractivity contribution is 0.675. The Labute approximate surface area is 88.0 Å². The zero-order chi connectivity index (χ0) is 10.4. The second kappa shape index (κ2) is 17.6. The second-order valence-corrected chi connectivity index (χ2v) is 2.94. The smallest absolute Gasteiger partial charge is 0.00422 e. The van der Waals surface area contributed by atoms with E-state index in [2.05, 4.69) is 20.1 Å². The van der Waals surface area contributed by atoms with E-state index in [-0.39, 0.29) is 0 Å². The van der Waals surface area contributed by atoms with Crippen LogP contribution in [-0.4, -0.2) is 0 Å². The predicted octanol–water partition coefficient (Wildman–Crippen LogP) is 5.07. The van der Waals surface area contributed by atoms with E-state index in [4.69, 9.17) is 11.6 Å². The quantitative estimate of drug-likeness (QED) is 0.319. The first kappa shape index (κ1) is 15.0. The van der Waals surface area contributed by atoms with Crippen LogP contribution in [0, 0.1) is 0 Å². The zero-order valence-corrected chi connectivity index (χ0v) is 9.39. The van der Waals surface area contributed by atoms with Crippen molar-refractivity contribution in [1.82, 2.24) is 0 Å². The molecule has 13 heavy (non-hydrogen) atoms. The van der Waals surface area contributed by atoms with Gasteiger partial charge in [0.05, 0.1) is 0 Å². The highest BCUT2D eigenvalue weighted by atomic mass is 35.5. The van der Waals surface area contributed by atoms with Crippen LogP contribution in [0.25, 0.3) is 0 Å². The van der Waals surface area contributed by atoms with Gasteiger partial charge in [0.15, 0.2) is 0 Å². The van der Waals surface area contributed by atoms with Crippen molar-refractivity contribution in [3.63, 3.8) is 0 Å². The van der Waals surface area contributed by atoms with Gasteiger partial charge in [-0.1, -0.05) is 62.6 Å². The molecule has 0 saturated heterocycles. The minimum atomic E-state index is 1.19. The van der Waals surface area contributed by atoms with Gasteiger partial charge in [0, 0.05) is 5.54 Å². The van der Waals surface area contributed by atoms with Crippen molar-refractivity contribution < 1.29 is 0 Å². The van der Waals surface area contributed by atoms with Gasteiger partial charge in [-0.3, -0.25) is 0 Å². The first-order chi connectivity index (χ1) is 6.33. The fraction of sp³-hybridized carbons (Fsp3) is 0.500. The van der Waals surface area contributed by atoms with E-state index in [1.807, 2.05) is 6.08 Å². The summed E-state index contributed by atoms with van der Waals surface area (Å²) in [5.74, 6) is 0. The summed E-state index contributed by atoms with van der Waals surface area (Å²) in [6.45, 7) is 9.27. The largest absolute Gasteiger partial charge is 0.103 e. The van der Waals surface area contributed by atoms with E-state index in [0.717, 1.165) is 0 Å². The van der Waals surface area contributed by atoms with Crippen LogP contribution in [0.1, 0.15) is 39.0 Å². The summed E-state index contributed by atoms with van der Waals surface area (Å²) in [5.41, 5.74) is 1.41. The lowest BCUT2D eigenvalue weighted by Gasteiger charge is -1.91. The summed E-state index contributed by atoms with van der Waals surface area (Å²) in [5, 5.41) is 0. The van der Waals surface area contributed by atoms with Crippen molar-refractivity contribution in [3.05, 3.63) is 36.9 Å². The molecule has 0 fully saturated rings. The van der Waals surface area contributed by atoms with Gasteiger partial charge in [0.2, 0.25) is 0 Å². The molecule has 76 valence electrons. The molecule has 0 atom stereocenters. The molecule has 0 nitrogen and oxygen atoms in total. The van der Waals surface area contributed by atoms with Crippen molar-refractivity contribution >= 4 is 11.6 Å². The summed E-state index contributed by atoms with van der Waals surface area (Å²) in [4.78, 5) is 0. The zero-order valence-electron chi connectivity index (χ0n) is 8.64. The van der Waals surface area contributed by atoms with Crippen molar-refractivity contribution in [3.8, 4) is 0 Å². The van der Waals surface area contributed by atoms with Crippen LogP contribution in [-0.2, 0) is 0 Å². The number of allylic oxidation sites excluding steroid dienone is 3. The molecular formula is C12H21Cl. The number of hydrogen-bond donors (Lipinski definition) is 0. The monoisotopic (exact) mass is 200 g/mol. The minimum Gasteiger partial charge on any atom is -0.103 e. The molecule has 0 radical (unpaired) electrons. The van der Waals surface area contributed by atoms with Gasteiger partial charge in [-0.25, -0.2) is 0 Å². The Balaban J connectivity index is 0. The highest BCUT2D eigenvalue weighted by Crippen LogP contribution is 2.01. The Kier molecular flexibility index (Phi) is 20.3. The van der Waals surface area contributed by atoms with Gasteiger partial charge < -0.3 is 0 Å². The van der Waals surface area contributed by atoms with Crippen molar-refractivity contribution in [2.75, 3.05) is 0 Å². The Hall–Kier alpha value is -0.490. The maximum Gasteiger partial charge on any atom is 0.00422 e. The lowest BCUT2D eigenvalue weighted by atomic mass is 10.2. The summed E-state index contributed by atoms with van der Waals surface area (Å²) in [6, 6.07) is 0. The van der Waals surface area contributed by atoms with E-state index < -0.39 is 0 Å². The maximum atomic E-state index is 5.05. The van der Waals surface area contributed by atoms with Crippen LogP contribution in [0.4, 0.5) is 0 Å². The fourth-order valence-electron chi connectivity index (χ4n) is 0.767. The van der Waals surface area contributed by atoms with Crippen molar-refractivity contribution in [2.24, 2.45) is 0 Å². The molecule has 0 aromatic rings. The van der Waals surface area contributed by atoms with Gasteiger partial charge in [-0.2, -0.15) is 0 Å². The summed E-state index contributed by atoms with van der Waals surface area (Å²) < 4.78 is 0. The molecule has 0 aromatic heterocycles. The highest BCUT2D eigenvalue weighted by molar-refractivity contribution is 6.25. The molecule has 0 saturated carbocycles. The molecule has 1 heteroatoms. The molecule has 0 aliphatic carbocycles. The molecule has 0 unspecified atom stereocenters. The number of unbranched alkanes of at least 4 members (excludes halogenated alkanes) is 4. The van der Waals surface area contributed by atoms with Crippen LogP contribution >= 0.6 is 11.6 Å². The second-order valence-electron chi connectivity index (χ2n) is 2.69. The molecule has 0 aliphatic rings. The third kappa shape index (κ3) is 24.6. The van der Waals surface area contributed by atoms with Gasteiger partial charge in [0.1, 0.15) is 0 Å². The highest BCUT2D eigenvalue weighted by Gasteiger charge is 1.81. The van der Waals surface area contributed by atoms with Gasteiger partial charge in [0.25, 0.3) is 0 Å². The summed E-state index contributed by atoms with van der Waals surface area (Å²) in [6.07, 6.45) is 11.9. The van der Waals surface area contributed by atoms with E-state index in [1.54, 1.807) is 12.2 Å². The number of rotatable bonds is 6. The lowest BCUT2D eigenvalue weighted by Crippen LogP contribution is -1.71. The normalized spacial score (nSPS) is 9.08. The standard InChI is InChI=1S/C8H16.C4H5Cl/c1-3-5-7-8-6-4-2;1-2-3-4-5/h3H,1,4-8H2,2H3;2-4H,1H2. The van der Waals surface area contributed by atoms with Crippen molar-refractivity contribution in [1.29, 1.82) is 0 Å². The first-order valence-electron chi connectivity index (χ1n) is 4.82. The van der Waals surface area contributed by atoms with Crippen molar-refractivity contribution in [2.45, 2.75) is 39.0 Å². The average Bonchev–Trinajstić information content (AvgIpc) is 2.15. The Bertz CT molecular complexity index is 125. The molecule has 0 aliphatic heterocycles. The minimum absolute atomic E-state index is 1.19. The van der Waals surface area contributed by atoms with E-state index in [1.165, 1.54) is 37.6 Å². The van der Waals surface area contributed by atoms with E-state index in [9.17, 15) is 0 Å². The van der Waals surface area contributed by atoms with E-state index in [0.29, 0.717) is 0 Å². The third-order valence-electron chi connectivity index (χ3n) is 1.47. The fourth-order valence-corrected chi connectivity index (χ4v) is 0.870. The molecule has 0 heterocycles. The molecule has 0 rings (SSSR count). The van der Waals surface area contributed by atoms with Gasteiger partial charge in [-0.15, -0.1) is 6.58 Å². The molecular weight excluding hydrogens is 180 g/mol.